The second-order valence-electron chi connectivity index (χ2n) is 5.44. The van der Waals surface area contributed by atoms with Crippen LogP contribution >= 0.6 is 0 Å². The Labute approximate surface area is 110 Å². The number of aryl methyl sites for hydroxylation is 1. The summed E-state index contributed by atoms with van der Waals surface area (Å²) in [6.45, 7) is 8.09. The van der Waals surface area contributed by atoms with E-state index >= 15 is 0 Å². The van der Waals surface area contributed by atoms with Gasteiger partial charge in [0.15, 0.2) is 0 Å². The van der Waals surface area contributed by atoms with Crippen molar-refractivity contribution in [3.63, 3.8) is 0 Å². The molecule has 1 fully saturated rings. The number of rotatable bonds is 3. The molecule has 0 saturated carbocycles. The molecular formula is C16H23NO. The first kappa shape index (κ1) is 13.1. The number of nitrogens with zero attached hydrogens (tertiary/aromatic N) is 1. The van der Waals surface area contributed by atoms with Crippen LogP contribution in [-0.2, 0) is 4.79 Å². The molecule has 0 N–H and O–H groups in total. The maximum atomic E-state index is 12.2. The minimum absolute atomic E-state index is 0.167. The molecule has 1 saturated heterocycles. The van der Waals surface area contributed by atoms with E-state index in [0.717, 1.165) is 25.9 Å². The van der Waals surface area contributed by atoms with E-state index in [1.165, 1.54) is 11.1 Å². The van der Waals surface area contributed by atoms with Gasteiger partial charge < -0.3 is 4.90 Å². The number of likely N-dealkylation sites (tertiary alicyclic amines) is 1. The Morgan fingerprint density at radius 2 is 2.17 bits per heavy atom. The van der Waals surface area contributed by atoms with Crippen LogP contribution in [0.5, 0.6) is 0 Å². The standard InChI is InChI=1S/C16H23NO/c1-4-12(2)16(18)17-10-9-14(11-17)15-8-6-5-7-13(15)3/h5-8,12,14H,4,9-11H2,1-3H3/t12-,14-/m1/s1. The Hall–Kier alpha value is -1.31. The molecule has 1 heterocycles. The van der Waals surface area contributed by atoms with Gasteiger partial charge in [0.05, 0.1) is 0 Å². The average molecular weight is 245 g/mol. The van der Waals surface area contributed by atoms with Crippen LogP contribution < -0.4 is 0 Å². The largest absolute Gasteiger partial charge is 0.342 e. The molecule has 1 amide bonds. The topological polar surface area (TPSA) is 20.3 Å². The summed E-state index contributed by atoms with van der Waals surface area (Å²) in [6.07, 6.45) is 2.04. The highest BCUT2D eigenvalue weighted by molar-refractivity contribution is 5.78. The molecule has 2 rings (SSSR count). The summed E-state index contributed by atoms with van der Waals surface area (Å²) in [4.78, 5) is 14.2. The van der Waals surface area contributed by atoms with Crippen LogP contribution in [0.4, 0.5) is 0 Å². The quantitative estimate of drug-likeness (QED) is 0.799. The van der Waals surface area contributed by atoms with Crippen LogP contribution in [0.3, 0.4) is 0 Å². The van der Waals surface area contributed by atoms with Gasteiger partial charge in [0.1, 0.15) is 0 Å². The lowest BCUT2D eigenvalue weighted by Gasteiger charge is -2.20. The van der Waals surface area contributed by atoms with Gasteiger partial charge in [0.2, 0.25) is 5.91 Å². The Kier molecular flexibility index (Phi) is 4.05. The number of benzene rings is 1. The molecule has 1 aromatic carbocycles. The van der Waals surface area contributed by atoms with Crippen molar-refractivity contribution in [3.05, 3.63) is 35.4 Å². The minimum Gasteiger partial charge on any atom is -0.342 e. The summed E-state index contributed by atoms with van der Waals surface area (Å²) in [6, 6.07) is 8.54. The van der Waals surface area contributed by atoms with Crippen LogP contribution in [-0.4, -0.2) is 23.9 Å². The molecule has 0 aromatic heterocycles. The van der Waals surface area contributed by atoms with Gasteiger partial charge in [0, 0.05) is 24.9 Å². The fourth-order valence-electron chi connectivity index (χ4n) is 2.75. The van der Waals surface area contributed by atoms with Crippen LogP contribution in [0.15, 0.2) is 24.3 Å². The molecule has 0 spiro atoms. The van der Waals surface area contributed by atoms with Crippen molar-refractivity contribution < 1.29 is 4.79 Å². The molecule has 0 bridgehead atoms. The monoisotopic (exact) mass is 245 g/mol. The smallest absolute Gasteiger partial charge is 0.225 e. The van der Waals surface area contributed by atoms with Crippen LogP contribution in [0.1, 0.15) is 43.7 Å². The Morgan fingerprint density at radius 3 is 2.83 bits per heavy atom. The van der Waals surface area contributed by atoms with Gasteiger partial charge in [0.25, 0.3) is 0 Å². The summed E-state index contributed by atoms with van der Waals surface area (Å²) in [5.41, 5.74) is 2.76. The fraction of sp³-hybridized carbons (Fsp3) is 0.562. The van der Waals surface area contributed by atoms with Crippen molar-refractivity contribution >= 4 is 5.91 Å². The summed E-state index contributed by atoms with van der Waals surface area (Å²) in [7, 11) is 0. The third-order valence-electron chi connectivity index (χ3n) is 4.16. The number of hydrogen-bond donors (Lipinski definition) is 0. The van der Waals surface area contributed by atoms with Crippen molar-refractivity contribution in [1.82, 2.24) is 4.90 Å². The van der Waals surface area contributed by atoms with Crippen molar-refractivity contribution in [2.45, 2.75) is 39.5 Å². The first-order valence-electron chi connectivity index (χ1n) is 6.97. The highest BCUT2D eigenvalue weighted by Gasteiger charge is 2.29. The third kappa shape index (κ3) is 2.58. The molecule has 2 heteroatoms. The molecule has 18 heavy (non-hydrogen) atoms. The lowest BCUT2D eigenvalue weighted by molar-refractivity contribution is -0.134. The highest BCUT2D eigenvalue weighted by atomic mass is 16.2. The van der Waals surface area contributed by atoms with E-state index < -0.39 is 0 Å². The summed E-state index contributed by atoms with van der Waals surface area (Å²) in [5, 5.41) is 0. The molecule has 0 unspecified atom stereocenters. The molecular weight excluding hydrogens is 222 g/mol. The van der Waals surface area contributed by atoms with Gasteiger partial charge in [-0.2, -0.15) is 0 Å². The zero-order valence-electron chi connectivity index (χ0n) is 11.6. The maximum Gasteiger partial charge on any atom is 0.225 e. The van der Waals surface area contributed by atoms with E-state index in [-0.39, 0.29) is 5.92 Å². The Bertz CT molecular complexity index is 427. The van der Waals surface area contributed by atoms with Gasteiger partial charge >= 0.3 is 0 Å². The predicted octanol–water partition coefficient (Wildman–Crippen LogP) is 3.36. The molecule has 1 aromatic rings. The molecule has 0 radical (unpaired) electrons. The Balaban J connectivity index is 2.05. The zero-order chi connectivity index (χ0) is 13.1. The SMILES string of the molecule is CC[C@@H](C)C(=O)N1CC[C@@H](c2ccccc2C)C1. The van der Waals surface area contributed by atoms with E-state index in [2.05, 4.69) is 38.1 Å². The van der Waals surface area contributed by atoms with Gasteiger partial charge in [-0.05, 0) is 30.9 Å². The summed E-state index contributed by atoms with van der Waals surface area (Å²) < 4.78 is 0. The second kappa shape index (κ2) is 5.55. The first-order chi connectivity index (χ1) is 8.63. The maximum absolute atomic E-state index is 12.2. The van der Waals surface area contributed by atoms with Crippen LogP contribution in [0, 0.1) is 12.8 Å². The Morgan fingerprint density at radius 1 is 1.44 bits per heavy atom. The zero-order valence-corrected chi connectivity index (χ0v) is 11.6. The van der Waals surface area contributed by atoms with Crippen molar-refractivity contribution in [3.8, 4) is 0 Å². The number of hydrogen-bond acceptors (Lipinski definition) is 1. The van der Waals surface area contributed by atoms with Gasteiger partial charge in [-0.25, -0.2) is 0 Å². The molecule has 1 aliphatic rings. The molecule has 1 aliphatic heterocycles. The molecule has 0 aliphatic carbocycles. The van der Waals surface area contributed by atoms with E-state index in [0.29, 0.717) is 11.8 Å². The lowest BCUT2D eigenvalue weighted by Crippen LogP contribution is -2.32. The van der Waals surface area contributed by atoms with E-state index in [1.54, 1.807) is 0 Å². The highest BCUT2D eigenvalue weighted by Crippen LogP contribution is 2.30. The number of amides is 1. The fourth-order valence-corrected chi connectivity index (χ4v) is 2.75. The lowest BCUT2D eigenvalue weighted by atomic mass is 9.94. The van der Waals surface area contributed by atoms with Crippen molar-refractivity contribution in [1.29, 1.82) is 0 Å². The van der Waals surface area contributed by atoms with Gasteiger partial charge in [-0.15, -0.1) is 0 Å². The third-order valence-corrected chi connectivity index (χ3v) is 4.16. The van der Waals surface area contributed by atoms with Crippen molar-refractivity contribution in [2.75, 3.05) is 13.1 Å². The van der Waals surface area contributed by atoms with E-state index in [4.69, 9.17) is 0 Å². The summed E-state index contributed by atoms with van der Waals surface area (Å²) in [5.74, 6) is 1.02. The van der Waals surface area contributed by atoms with Crippen LogP contribution in [0.25, 0.3) is 0 Å². The van der Waals surface area contributed by atoms with E-state index in [9.17, 15) is 4.79 Å². The van der Waals surface area contributed by atoms with Crippen LogP contribution in [0.2, 0.25) is 0 Å². The molecule has 2 atom stereocenters. The normalized spacial score (nSPS) is 21.1. The molecule has 2 nitrogen and oxygen atoms in total. The number of carbonyl (C=O) groups is 1. The average Bonchev–Trinajstić information content (AvgIpc) is 2.87. The van der Waals surface area contributed by atoms with Gasteiger partial charge in [-0.1, -0.05) is 38.1 Å². The van der Waals surface area contributed by atoms with E-state index in [1.807, 2.05) is 11.8 Å². The second-order valence-corrected chi connectivity index (χ2v) is 5.44. The summed E-state index contributed by atoms with van der Waals surface area (Å²) >= 11 is 0. The predicted molar refractivity (Wildman–Crippen MR) is 74.6 cm³/mol. The molecule has 98 valence electrons. The minimum atomic E-state index is 0.167. The van der Waals surface area contributed by atoms with Crippen molar-refractivity contribution in [2.24, 2.45) is 5.92 Å². The first-order valence-corrected chi connectivity index (χ1v) is 6.97. The number of carbonyl (C=O) groups excluding carboxylic acids is 1. The van der Waals surface area contributed by atoms with Gasteiger partial charge in [-0.3, -0.25) is 4.79 Å².